The molecule has 1 aliphatic heterocycles. The van der Waals surface area contributed by atoms with E-state index in [0.29, 0.717) is 23.8 Å². The summed E-state index contributed by atoms with van der Waals surface area (Å²) in [7, 11) is 0. The second-order valence-electron chi connectivity index (χ2n) is 5.73. The van der Waals surface area contributed by atoms with E-state index in [4.69, 9.17) is 18.9 Å². The molecule has 0 radical (unpaired) electrons. The number of esters is 1. The van der Waals surface area contributed by atoms with E-state index in [-0.39, 0.29) is 20.0 Å². The van der Waals surface area contributed by atoms with Gasteiger partial charge >= 0.3 is 5.97 Å². The highest BCUT2D eigenvalue weighted by molar-refractivity contribution is 5.80. The monoisotopic (exact) mass is 357 g/mol. The summed E-state index contributed by atoms with van der Waals surface area (Å²) in [4.78, 5) is 23.4. The van der Waals surface area contributed by atoms with Crippen LogP contribution in [0.2, 0.25) is 0 Å². The molecule has 136 valence electrons. The Bertz CT molecular complexity index is 787. The predicted octanol–water partition coefficient (Wildman–Crippen LogP) is 1.96. The van der Waals surface area contributed by atoms with E-state index >= 15 is 0 Å². The van der Waals surface area contributed by atoms with Crippen LogP contribution in [0.15, 0.2) is 42.5 Å². The minimum atomic E-state index is -0.608. The lowest BCUT2D eigenvalue weighted by Crippen LogP contribution is -2.29. The van der Waals surface area contributed by atoms with E-state index in [1.165, 1.54) is 0 Å². The Morgan fingerprint density at radius 1 is 1.04 bits per heavy atom. The zero-order valence-electron chi connectivity index (χ0n) is 14.3. The van der Waals surface area contributed by atoms with Gasteiger partial charge in [-0.1, -0.05) is 23.8 Å². The summed E-state index contributed by atoms with van der Waals surface area (Å²) in [6.07, 6.45) is 0. The van der Waals surface area contributed by atoms with Gasteiger partial charge in [-0.3, -0.25) is 4.79 Å². The van der Waals surface area contributed by atoms with Crippen molar-refractivity contribution < 1.29 is 28.5 Å². The number of carbonyl (C=O) groups excluding carboxylic acids is 2. The standard InChI is InChI=1S/C19H19NO6/c1-13-2-5-15(6-3-13)23-11-19(22)24-10-18(21)20-9-14-4-7-16-17(8-14)26-12-25-16/h2-8H,9-12H2,1H3,(H,20,21). The van der Waals surface area contributed by atoms with Crippen LogP contribution in [0.25, 0.3) is 0 Å². The van der Waals surface area contributed by atoms with E-state index in [9.17, 15) is 9.59 Å². The quantitative estimate of drug-likeness (QED) is 0.763. The number of ether oxygens (including phenoxy) is 4. The summed E-state index contributed by atoms with van der Waals surface area (Å²) < 4.78 is 20.7. The molecule has 0 saturated heterocycles. The number of aryl methyl sites for hydroxylation is 1. The highest BCUT2D eigenvalue weighted by Gasteiger charge is 2.14. The predicted molar refractivity (Wildman–Crippen MR) is 92.0 cm³/mol. The Labute approximate surface area is 150 Å². The fourth-order valence-electron chi connectivity index (χ4n) is 2.27. The van der Waals surface area contributed by atoms with Gasteiger partial charge in [0.25, 0.3) is 5.91 Å². The second kappa shape index (κ2) is 8.24. The van der Waals surface area contributed by atoms with Gasteiger partial charge in [-0.2, -0.15) is 0 Å². The molecule has 2 aromatic carbocycles. The maximum absolute atomic E-state index is 11.8. The van der Waals surface area contributed by atoms with E-state index in [0.717, 1.165) is 11.1 Å². The van der Waals surface area contributed by atoms with E-state index < -0.39 is 11.9 Å². The number of carbonyl (C=O) groups is 2. The first kappa shape index (κ1) is 17.6. The Morgan fingerprint density at radius 3 is 2.62 bits per heavy atom. The topological polar surface area (TPSA) is 83.1 Å². The van der Waals surface area contributed by atoms with Gasteiger partial charge in [-0.15, -0.1) is 0 Å². The molecule has 7 heteroatoms. The van der Waals surface area contributed by atoms with Crippen LogP contribution in [0.4, 0.5) is 0 Å². The molecular weight excluding hydrogens is 338 g/mol. The lowest BCUT2D eigenvalue weighted by atomic mass is 10.2. The van der Waals surface area contributed by atoms with Crippen molar-refractivity contribution in [1.29, 1.82) is 0 Å². The SMILES string of the molecule is Cc1ccc(OCC(=O)OCC(=O)NCc2ccc3c(c2)OCO3)cc1. The van der Waals surface area contributed by atoms with Crippen LogP contribution < -0.4 is 19.5 Å². The Hall–Kier alpha value is -3.22. The third kappa shape index (κ3) is 4.89. The van der Waals surface area contributed by atoms with Crippen LogP contribution >= 0.6 is 0 Å². The molecule has 0 atom stereocenters. The van der Waals surface area contributed by atoms with Gasteiger partial charge in [0.15, 0.2) is 24.7 Å². The summed E-state index contributed by atoms with van der Waals surface area (Å²) in [5.41, 5.74) is 1.95. The molecule has 0 bridgehead atoms. The number of hydrogen-bond acceptors (Lipinski definition) is 6. The van der Waals surface area contributed by atoms with Crippen molar-refractivity contribution in [2.45, 2.75) is 13.5 Å². The van der Waals surface area contributed by atoms with E-state index in [2.05, 4.69) is 5.32 Å². The molecule has 0 fully saturated rings. The summed E-state index contributed by atoms with van der Waals surface area (Å²) >= 11 is 0. The van der Waals surface area contributed by atoms with Crippen LogP contribution in [0.5, 0.6) is 17.2 Å². The molecule has 1 heterocycles. The Kier molecular flexibility index (Phi) is 5.58. The van der Waals surface area contributed by atoms with Gasteiger partial charge in [0.2, 0.25) is 6.79 Å². The third-order valence-electron chi connectivity index (χ3n) is 3.67. The van der Waals surface area contributed by atoms with Crippen molar-refractivity contribution in [3.8, 4) is 17.2 Å². The number of fused-ring (bicyclic) bond motifs is 1. The number of hydrogen-bond donors (Lipinski definition) is 1. The fraction of sp³-hybridized carbons (Fsp3) is 0.263. The van der Waals surface area contributed by atoms with Gasteiger partial charge in [0, 0.05) is 6.54 Å². The Morgan fingerprint density at radius 2 is 1.81 bits per heavy atom. The molecule has 0 spiro atoms. The highest BCUT2D eigenvalue weighted by Crippen LogP contribution is 2.32. The van der Waals surface area contributed by atoms with E-state index in [1.807, 2.05) is 25.1 Å². The van der Waals surface area contributed by atoms with Crippen molar-refractivity contribution in [2.24, 2.45) is 0 Å². The third-order valence-corrected chi connectivity index (χ3v) is 3.67. The summed E-state index contributed by atoms with van der Waals surface area (Å²) in [6.45, 7) is 1.85. The first-order valence-corrected chi connectivity index (χ1v) is 8.10. The van der Waals surface area contributed by atoms with Crippen LogP contribution in [-0.4, -0.2) is 31.9 Å². The van der Waals surface area contributed by atoms with Crippen molar-refractivity contribution in [2.75, 3.05) is 20.0 Å². The second-order valence-corrected chi connectivity index (χ2v) is 5.73. The zero-order chi connectivity index (χ0) is 18.4. The molecular formula is C19H19NO6. The molecule has 0 aromatic heterocycles. The van der Waals surface area contributed by atoms with Crippen molar-refractivity contribution >= 4 is 11.9 Å². The molecule has 1 amide bonds. The minimum absolute atomic E-state index is 0.200. The summed E-state index contributed by atoms with van der Waals surface area (Å²) in [5, 5.41) is 2.67. The number of nitrogens with one attached hydrogen (secondary N) is 1. The van der Waals surface area contributed by atoms with Crippen molar-refractivity contribution in [3.05, 3.63) is 53.6 Å². The van der Waals surface area contributed by atoms with Crippen molar-refractivity contribution in [1.82, 2.24) is 5.32 Å². The number of rotatable bonds is 7. The van der Waals surface area contributed by atoms with Gasteiger partial charge in [0.05, 0.1) is 0 Å². The molecule has 0 saturated carbocycles. The molecule has 26 heavy (non-hydrogen) atoms. The van der Waals surface area contributed by atoms with Crippen LogP contribution in [0.1, 0.15) is 11.1 Å². The first-order chi connectivity index (χ1) is 12.6. The molecule has 1 aliphatic rings. The van der Waals surface area contributed by atoms with Crippen LogP contribution in [-0.2, 0) is 20.9 Å². The molecule has 0 unspecified atom stereocenters. The maximum atomic E-state index is 11.8. The van der Waals surface area contributed by atoms with Gasteiger partial charge < -0.3 is 24.3 Å². The maximum Gasteiger partial charge on any atom is 0.344 e. The molecule has 7 nitrogen and oxygen atoms in total. The number of amides is 1. The lowest BCUT2D eigenvalue weighted by molar-refractivity contribution is -0.150. The van der Waals surface area contributed by atoms with Crippen molar-refractivity contribution in [3.63, 3.8) is 0 Å². The smallest absolute Gasteiger partial charge is 0.344 e. The normalized spacial score (nSPS) is 11.7. The largest absolute Gasteiger partial charge is 0.482 e. The first-order valence-electron chi connectivity index (χ1n) is 8.10. The van der Waals surface area contributed by atoms with Crippen LogP contribution in [0.3, 0.4) is 0 Å². The van der Waals surface area contributed by atoms with Gasteiger partial charge in [0.1, 0.15) is 5.75 Å². The highest BCUT2D eigenvalue weighted by atomic mass is 16.7. The van der Waals surface area contributed by atoms with Gasteiger partial charge in [-0.25, -0.2) is 4.79 Å². The minimum Gasteiger partial charge on any atom is -0.482 e. The average molecular weight is 357 g/mol. The number of benzene rings is 2. The van der Waals surface area contributed by atoms with Crippen LogP contribution in [0, 0.1) is 6.92 Å². The summed E-state index contributed by atoms with van der Waals surface area (Å²) in [5.74, 6) is 0.897. The lowest BCUT2D eigenvalue weighted by Gasteiger charge is -2.08. The zero-order valence-corrected chi connectivity index (χ0v) is 14.3. The fourth-order valence-corrected chi connectivity index (χ4v) is 2.27. The summed E-state index contributed by atoms with van der Waals surface area (Å²) in [6, 6.07) is 12.7. The molecule has 3 rings (SSSR count). The molecule has 2 aromatic rings. The molecule has 0 aliphatic carbocycles. The van der Waals surface area contributed by atoms with Gasteiger partial charge in [-0.05, 0) is 36.8 Å². The molecule has 1 N–H and O–H groups in total. The Balaban J connectivity index is 1.35. The average Bonchev–Trinajstić information content (AvgIpc) is 3.12. The van der Waals surface area contributed by atoms with E-state index in [1.54, 1.807) is 24.3 Å².